The molecule has 2 aromatic heterocycles. The highest BCUT2D eigenvalue weighted by molar-refractivity contribution is 5.84. The van der Waals surface area contributed by atoms with Crippen molar-refractivity contribution in [1.29, 1.82) is 0 Å². The minimum atomic E-state index is -0.446. The van der Waals surface area contributed by atoms with E-state index in [1.165, 1.54) is 0 Å². The van der Waals surface area contributed by atoms with E-state index in [4.69, 9.17) is 5.73 Å². The number of imidazole rings is 1. The van der Waals surface area contributed by atoms with Gasteiger partial charge in [-0.1, -0.05) is 0 Å². The van der Waals surface area contributed by atoms with Gasteiger partial charge < -0.3 is 20.7 Å². The van der Waals surface area contributed by atoms with Gasteiger partial charge in [-0.2, -0.15) is 9.97 Å². The summed E-state index contributed by atoms with van der Waals surface area (Å²) in [6, 6.07) is 0. The number of aromatic nitrogens is 4. The quantitative estimate of drug-likeness (QED) is 0.700. The molecule has 0 saturated carbocycles. The van der Waals surface area contributed by atoms with Crippen molar-refractivity contribution in [2.45, 2.75) is 19.4 Å². The predicted molar refractivity (Wildman–Crippen MR) is 65.7 cm³/mol. The average Bonchev–Trinajstić information content (AvgIpc) is 2.74. The van der Waals surface area contributed by atoms with Crippen LogP contribution in [0.3, 0.4) is 0 Å². The molecule has 0 aliphatic heterocycles. The minimum Gasteiger partial charge on any atom is -0.394 e. The molecule has 0 radical (unpaired) electrons. The fourth-order valence-electron chi connectivity index (χ4n) is 1.47. The molecule has 0 saturated heterocycles. The van der Waals surface area contributed by atoms with Crippen LogP contribution in [0.4, 0.5) is 11.8 Å². The molecule has 7 nitrogen and oxygen atoms in total. The highest BCUT2D eigenvalue weighted by Crippen LogP contribution is 2.26. The molecule has 0 aromatic carbocycles. The molecule has 0 spiro atoms. The van der Waals surface area contributed by atoms with Crippen LogP contribution in [0.25, 0.3) is 11.2 Å². The molecule has 2 rings (SSSR count). The fraction of sp³-hybridized carbons (Fsp3) is 0.500. The zero-order chi connectivity index (χ0) is 12.6. The number of hydrogen-bond donors (Lipinski definition) is 3. The second-order valence-corrected chi connectivity index (χ2v) is 4.54. The van der Waals surface area contributed by atoms with Crippen molar-refractivity contribution in [3.63, 3.8) is 0 Å². The lowest BCUT2D eigenvalue weighted by Crippen LogP contribution is -2.45. The number of H-pyrrole nitrogens is 1. The summed E-state index contributed by atoms with van der Waals surface area (Å²) in [5.41, 5.74) is 6.43. The van der Waals surface area contributed by atoms with E-state index in [0.29, 0.717) is 17.0 Å². The van der Waals surface area contributed by atoms with Crippen molar-refractivity contribution in [2.75, 3.05) is 24.3 Å². The highest BCUT2D eigenvalue weighted by Gasteiger charge is 2.26. The lowest BCUT2D eigenvalue weighted by Gasteiger charge is -2.34. The molecule has 7 heteroatoms. The summed E-state index contributed by atoms with van der Waals surface area (Å²) in [5.74, 6) is 0.796. The van der Waals surface area contributed by atoms with Gasteiger partial charge in [0.25, 0.3) is 0 Å². The smallest absolute Gasteiger partial charge is 0.224 e. The third-order valence-electron chi connectivity index (χ3n) is 2.90. The van der Waals surface area contributed by atoms with E-state index < -0.39 is 5.54 Å². The fourth-order valence-corrected chi connectivity index (χ4v) is 1.47. The lowest BCUT2D eigenvalue weighted by atomic mass is 10.1. The monoisotopic (exact) mass is 236 g/mol. The number of hydrogen-bond acceptors (Lipinski definition) is 6. The number of nitrogens with zero attached hydrogens (tertiary/aromatic N) is 4. The number of anilines is 2. The minimum absolute atomic E-state index is 0.00301. The van der Waals surface area contributed by atoms with Crippen LogP contribution >= 0.6 is 0 Å². The standard InChI is InChI=1S/C10H16N6O/c1-10(2,4-17)16(3)8-6-7(13-5-12-6)14-9(11)15-8/h5,17H,4H2,1-3H3,(H3,11,12,13,14,15). The van der Waals surface area contributed by atoms with Crippen molar-refractivity contribution < 1.29 is 5.11 Å². The van der Waals surface area contributed by atoms with Crippen LogP contribution in [0, 0.1) is 0 Å². The Balaban J connectivity index is 2.58. The van der Waals surface area contributed by atoms with Crippen LogP contribution in [-0.2, 0) is 0 Å². The van der Waals surface area contributed by atoms with E-state index in [1.807, 2.05) is 25.8 Å². The number of aliphatic hydroxyl groups is 1. The van der Waals surface area contributed by atoms with Crippen molar-refractivity contribution in [3.05, 3.63) is 6.33 Å². The Morgan fingerprint density at radius 3 is 2.82 bits per heavy atom. The molecule has 17 heavy (non-hydrogen) atoms. The van der Waals surface area contributed by atoms with Gasteiger partial charge in [-0.3, -0.25) is 0 Å². The lowest BCUT2D eigenvalue weighted by molar-refractivity contribution is 0.216. The van der Waals surface area contributed by atoms with Crippen LogP contribution in [0.1, 0.15) is 13.8 Å². The summed E-state index contributed by atoms with van der Waals surface area (Å²) in [4.78, 5) is 17.1. The van der Waals surface area contributed by atoms with Gasteiger partial charge in [0.1, 0.15) is 5.52 Å². The summed E-state index contributed by atoms with van der Waals surface area (Å²) in [6.45, 7) is 3.82. The van der Waals surface area contributed by atoms with E-state index in [-0.39, 0.29) is 12.6 Å². The van der Waals surface area contributed by atoms with Gasteiger partial charge in [-0.05, 0) is 13.8 Å². The molecule has 2 aromatic rings. The van der Waals surface area contributed by atoms with Crippen molar-refractivity contribution >= 4 is 22.9 Å². The molecular weight excluding hydrogens is 220 g/mol. The third kappa shape index (κ3) is 1.89. The number of aliphatic hydroxyl groups excluding tert-OH is 1. The predicted octanol–water partition coefficient (Wildman–Crippen LogP) is 0.142. The Morgan fingerprint density at radius 2 is 2.18 bits per heavy atom. The van der Waals surface area contributed by atoms with Gasteiger partial charge in [-0.25, -0.2) is 4.98 Å². The maximum atomic E-state index is 9.38. The number of nitrogen functional groups attached to an aromatic ring is 1. The zero-order valence-electron chi connectivity index (χ0n) is 10.1. The zero-order valence-corrected chi connectivity index (χ0v) is 10.1. The van der Waals surface area contributed by atoms with Gasteiger partial charge >= 0.3 is 0 Å². The number of fused-ring (bicyclic) bond motifs is 1. The Morgan fingerprint density at radius 1 is 1.47 bits per heavy atom. The van der Waals surface area contributed by atoms with E-state index in [9.17, 15) is 5.11 Å². The normalized spacial score (nSPS) is 12.0. The number of rotatable bonds is 3. The average molecular weight is 236 g/mol. The van der Waals surface area contributed by atoms with E-state index >= 15 is 0 Å². The summed E-state index contributed by atoms with van der Waals surface area (Å²) < 4.78 is 0. The molecule has 0 aliphatic carbocycles. The Hall–Kier alpha value is -1.89. The Kier molecular flexibility index (Phi) is 2.62. The van der Waals surface area contributed by atoms with Crippen LogP contribution in [0.5, 0.6) is 0 Å². The van der Waals surface area contributed by atoms with Gasteiger partial charge in [0, 0.05) is 7.05 Å². The maximum absolute atomic E-state index is 9.38. The molecule has 0 unspecified atom stereocenters. The number of nitrogens with two attached hydrogens (primary N) is 1. The third-order valence-corrected chi connectivity index (χ3v) is 2.90. The molecular formula is C10H16N6O. The molecule has 0 bridgehead atoms. The molecule has 92 valence electrons. The summed E-state index contributed by atoms with van der Waals surface area (Å²) in [6.07, 6.45) is 1.54. The Bertz CT molecular complexity index is 535. The first-order valence-electron chi connectivity index (χ1n) is 5.27. The topological polar surface area (TPSA) is 104 Å². The first kappa shape index (κ1) is 11.6. The van der Waals surface area contributed by atoms with E-state index in [2.05, 4.69) is 19.9 Å². The van der Waals surface area contributed by atoms with Crippen molar-refractivity contribution in [2.24, 2.45) is 0 Å². The summed E-state index contributed by atoms with van der Waals surface area (Å²) >= 11 is 0. The molecule has 0 fully saturated rings. The Labute approximate surface area is 98.7 Å². The largest absolute Gasteiger partial charge is 0.394 e. The van der Waals surface area contributed by atoms with Crippen LogP contribution in [0.2, 0.25) is 0 Å². The van der Waals surface area contributed by atoms with Gasteiger partial charge in [-0.15, -0.1) is 0 Å². The number of aromatic amines is 1. The first-order valence-corrected chi connectivity index (χ1v) is 5.27. The van der Waals surface area contributed by atoms with Crippen molar-refractivity contribution in [1.82, 2.24) is 19.9 Å². The molecule has 0 atom stereocenters. The van der Waals surface area contributed by atoms with Crippen molar-refractivity contribution in [3.8, 4) is 0 Å². The molecule has 2 heterocycles. The van der Waals surface area contributed by atoms with Crippen LogP contribution < -0.4 is 10.6 Å². The summed E-state index contributed by atoms with van der Waals surface area (Å²) in [5, 5.41) is 9.38. The highest BCUT2D eigenvalue weighted by atomic mass is 16.3. The first-order chi connectivity index (χ1) is 7.95. The van der Waals surface area contributed by atoms with Crippen LogP contribution in [0.15, 0.2) is 6.33 Å². The second kappa shape index (κ2) is 3.85. The summed E-state index contributed by atoms with van der Waals surface area (Å²) in [7, 11) is 1.85. The van der Waals surface area contributed by atoms with E-state index in [0.717, 1.165) is 0 Å². The van der Waals surface area contributed by atoms with Gasteiger partial charge in [0.05, 0.1) is 18.5 Å². The van der Waals surface area contributed by atoms with Crippen LogP contribution in [-0.4, -0.2) is 44.2 Å². The molecule has 0 amide bonds. The number of nitrogens with one attached hydrogen (secondary N) is 1. The SMILES string of the molecule is CN(c1nc(N)nc2nc[nH]c12)C(C)(C)CO. The number of likely N-dealkylation sites (N-methyl/N-ethyl adjacent to an activating group) is 1. The molecule has 0 aliphatic rings. The van der Waals surface area contributed by atoms with Gasteiger partial charge in [0.2, 0.25) is 5.95 Å². The maximum Gasteiger partial charge on any atom is 0.224 e. The van der Waals surface area contributed by atoms with E-state index in [1.54, 1.807) is 6.33 Å². The second-order valence-electron chi connectivity index (χ2n) is 4.54. The van der Waals surface area contributed by atoms with Gasteiger partial charge in [0.15, 0.2) is 11.5 Å². The molecule has 4 N–H and O–H groups in total.